The lowest BCUT2D eigenvalue weighted by atomic mass is 10.2. The molecule has 0 heterocycles. The fraction of sp³-hybridized carbons (Fsp3) is 0.222. The number of thioether (sulfide) groups is 1. The van der Waals surface area contributed by atoms with E-state index >= 15 is 0 Å². The lowest BCUT2D eigenvalue weighted by Crippen LogP contribution is -2.17. The summed E-state index contributed by atoms with van der Waals surface area (Å²) in [6.07, 6.45) is 0. The quantitative estimate of drug-likeness (QED) is 0.664. The van der Waals surface area contributed by atoms with E-state index in [1.54, 1.807) is 0 Å². The van der Waals surface area contributed by atoms with E-state index in [0.717, 1.165) is 5.75 Å². The maximum absolute atomic E-state index is 10.3. The molecule has 0 amide bonds. The Morgan fingerprint density at radius 1 is 1.31 bits per heavy atom. The molecule has 0 aliphatic rings. The molecule has 0 radical (unpaired) electrons. The van der Waals surface area contributed by atoms with Crippen molar-refractivity contribution in [3.63, 3.8) is 0 Å². The van der Waals surface area contributed by atoms with Crippen LogP contribution in [0.2, 0.25) is 0 Å². The monoisotopic (exact) mass is 260 g/mol. The van der Waals surface area contributed by atoms with E-state index in [-0.39, 0.29) is 22.7 Å². The van der Waals surface area contributed by atoms with Crippen LogP contribution in [0.3, 0.4) is 0 Å². The van der Waals surface area contributed by atoms with Crippen molar-refractivity contribution < 1.29 is 5.11 Å². The normalized spacial score (nSPS) is 8.92. The molecule has 0 spiro atoms. The molecule has 0 unspecified atom stereocenters. The third-order valence-corrected chi connectivity index (χ3v) is 2.35. The van der Waals surface area contributed by atoms with Gasteiger partial charge in [-0.15, -0.1) is 17.0 Å². The molecule has 0 aliphatic heterocycles. The van der Waals surface area contributed by atoms with E-state index in [1.165, 1.54) is 17.3 Å². The standard InChI is InChI=1S/C9H11NOS.BrH/c10-9(11)7-12-6-8-4-2-1-3-5-8;/h1-5H,6-7H2,(H2,10,11);1H/p-1. The molecular weight excluding hydrogens is 250 g/mol. The molecule has 0 fully saturated rings. The van der Waals surface area contributed by atoms with Gasteiger partial charge < -0.3 is 10.5 Å². The first-order valence-electron chi connectivity index (χ1n) is 3.65. The van der Waals surface area contributed by atoms with Crippen molar-refractivity contribution in [3.8, 4) is 0 Å². The van der Waals surface area contributed by atoms with Crippen LogP contribution in [0.25, 0.3) is 0 Å². The molecule has 0 atom stereocenters. The second-order valence-corrected chi connectivity index (χ2v) is 3.39. The molecule has 0 saturated carbocycles. The Bertz CT molecular complexity index is 253. The van der Waals surface area contributed by atoms with Crippen LogP contribution in [0.5, 0.6) is 0 Å². The molecule has 4 heteroatoms. The van der Waals surface area contributed by atoms with Crippen molar-refractivity contribution in [2.45, 2.75) is 5.75 Å². The number of hydrogen-bond donors (Lipinski definition) is 1. The van der Waals surface area contributed by atoms with Gasteiger partial charge in [-0.2, -0.15) is 11.8 Å². The molecule has 0 bridgehead atoms. The van der Waals surface area contributed by atoms with Crippen LogP contribution in [0.4, 0.5) is 0 Å². The average molecular weight is 261 g/mol. The molecule has 0 aliphatic carbocycles. The van der Waals surface area contributed by atoms with Crippen LogP contribution in [0, 0.1) is 5.41 Å². The Morgan fingerprint density at radius 3 is 2.46 bits per heavy atom. The molecule has 1 N–H and O–H groups in total. The summed E-state index contributed by atoms with van der Waals surface area (Å²) < 4.78 is 0. The number of halogens is 1. The highest BCUT2D eigenvalue weighted by molar-refractivity contribution is 8.93. The van der Waals surface area contributed by atoms with Gasteiger partial charge in [0.15, 0.2) is 0 Å². The van der Waals surface area contributed by atoms with Gasteiger partial charge in [0, 0.05) is 11.5 Å². The fourth-order valence-electron chi connectivity index (χ4n) is 0.836. The predicted molar refractivity (Wildman–Crippen MR) is 60.7 cm³/mol. The van der Waals surface area contributed by atoms with Gasteiger partial charge in [0.25, 0.3) is 0 Å². The van der Waals surface area contributed by atoms with Crippen LogP contribution in [0.15, 0.2) is 30.3 Å². The van der Waals surface area contributed by atoms with E-state index in [2.05, 4.69) is 0 Å². The second-order valence-electron chi connectivity index (χ2n) is 2.40. The maximum Gasteiger partial charge on any atom is 0.0212 e. The minimum atomic E-state index is -0.504. The van der Waals surface area contributed by atoms with Gasteiger partial charge in [-0.25, -0.2) is 0 Å². The van der Waals surface area contributed by atoms with Gasteiger partial charge in [-0.1, -0.05) is 30.3 Å². The summed E-state index contributed by atoms with van der Waals surface area (Å²) in [4.78, 5) is 0. The van der Waals surface area contributed by atoms with Crippen molar-refractivity contribution >= 4 is 34.6 Å². The van der Waals surface area contributed by atoms with Gasteiger partial charge in [-0.3, -0.25) is 0 Å². The second kappa shape index (κ2) is 6.97. The van der Waals surface area contributed by atoms with Crippen LogP contribution in [-0.2, 0) is 5.75 Å². The summed E-state index contributed by atoms with van der Waals surface area (Å²) >= 11 is 1.48. The van der Waals surface area contributed by atoms with Gasteiger partial charge in [0.1, 0.15) is 0 Å². The van der Waals surface area contributed by atoms with E-state index < -0.39 is 5.90 Å². The molecule has 1 aromatic rings. The fourth-order valence-corrected chi connectivity index (χ4v) is 1.55. The van der Waals surface area contributed by atoms with Gasteiger partial charge in [0.05, 0.1) is 0 Å². The Labute approximate surface area is 92.6 Å². The Kier molecular flexibility index (Phi) is 6.72. The summed E-state index contributed by atoms with van der Waals surface area (Å²) in [5.41, 5.74) is 1.20. The molecule has 0 aromatic heterocycles. The molecule has 72 valence electrons. The van der Waals surface area contributed by atoms with Gasteiger partial charge in [0.2, 0.25) is 0 Å². The Hall–Kier alpha value is -0.480. The summed E-state index contributed by atoms with van der Waals surface area (Å²) in [6, 6.07) is 9.93. The van der Waals surface area contributed by atoms with E-state index in [0.29, 0.717) is 0 Å². The van der Waals surface area contributed by atoms with Crippen LogP contribution in [0.1, 0.15) is 5.56 Å². The molecule has 2 nitrogen and oxygen atoms in total. The van der Waals surface area contributed by atoms with E-state index in [4.69, 9.17) is 5.41 Å². The average Bonchev–Trinajstić information content (AvgIpc) is 2.05. The number of benzene rings is 1. The number of rotatable bonds is 4. The zero-order chi connectivity index (χ0) is 8.81. The van der Waals surface area contributed by atoms with Crippen molar-refractivity contribution in [3.05, 3.63) is 35.9 Å². The number of hydrogen-bond acceptors (Lipinski definition) is 3. The summed E-state index contributed by atoms with van der Waals surface area (Å²) in [6.45, 7) is 0. The first-order chi connectivity index (χ1) is 5.79. The smallest absolute Gasteiger partial charge is 0.0212 e. The lowest BCUT2D eigenvalue weighted by molar-refractivity contribution is -0.216. The zero-order valence-electron chi connectivity index (χ0n) is 7.03. The highest BCUT2D eigenvalue weighted by Crippen LogP contribution is 2.10. The highest BCUT2D eigenvalue weighted by atomic mass is 79.9. The molecule has 0 saturated heterocycles. The third-order valence-electron chi connectivity index (χ3n) is 1.34. The highest BCUT2D eigenvalue weighted by Gasteiger charge is 1.90. The predicted octanol–water partition coefficient (Wildman–Crippen LogP) is 1.84. The van der Waals surface area contributed by atoms with Crippen molar-refractivity contribution in [2.75, 3.05) is 5.75 Å². The summed E-state index contributed by atoms with van der Waals surface area (Å²) in [5.74, 6) is 0.594. The van der Waals surface area contributed by atoms with Crippen LogP contribution < -0.4 is 5.11 Å². The third kappa shape index (κ3) is 5.71. The van der Waals surface area contributed by atoms with Crippen molar-refractivity contribution in [2.24, 2.45) is 0 Å². The van der Waals surface area contributed by atoms with Crippen molar-refractivity contribution in [1.29, 1.82) is 5.41 Å². The minimum absolute atomic E-state index is 0. The zero-order valence-corrected chi connectivity index (χ0v) is 9.56. The van der Waals surface area contributed by atoms with E-state index in [9.17, 15) is 5.11 Å². The summed E-state index contributed by atoms with van der Waals surface area (Å²) in [7, 11) is 0. The molecular formula is C9H11BrNOS-. The maximum atomic E-state index is 10.3. The largest absolute Gasteiger partial charge is 0.862 e. The van der Waals surface area contributed by atoms with Crippen LogP contribution >= 0.6 is 28.7 Å². The first-order valence-corrected chi connectivity index (χ1v) is 4.80. The molecule has 1 aromatic carbocycles. The molecule has 13 heavy (non-hydrogen) atoms. The van der Waals surface area contributed by atoms with Crippen molar-refractivity contribution in [1.82, 2.24) is 0 Å². The first kappa shape index (κ1) is 12.5. The topological polar surface area (TPSA) is 46.9 Å². The van der Waals surface area contributed by atoms with E-state index in [1.807, 2.05) is 30.3 Å². The minimum Gasteiger partial charge on any atom is -0.862 e. The number of nitrogens with one attached hydrogen (secondary N) is 1. The Balaban J connectivity index is 0.00000144. The Morgan fingerprint density at radius 2 is 1.92 bits per heavy atom. The van der Waals surface area contributed by atoms with Crippen LogP contribution in [-0.4, -0.2) is 11.7 Å². The SMILES string of the molecule is Br.N=C([O-])CSCc1ccccc1. The van der Waals surface area contributed by atoms with Gasteiger partial charge in [-0.05, 0) is 11.5 Å². The molecule has 1 rings (SSSR count). The summed E-state index contributed by atoms with van der Waals surface area (Å²) in [5, 5.41) is 17.0. The lowest BCUT2D eigenvalue weighted by Gasteiger charge is -2.05. The van der Waals surface area contributed by atoms with Gasteiger partial charge >= 0.3 is 0 Å².